The standard InChI is InChI=1S/C15H22FNO/c1-17(10-12-2-6-14(16)7-3-12)15-8-4-13(11-18)5-9-15/h2-3,6-7,13,15,18H,4-5,8-11H2,1H3. The van der Waals surface area contributed by atoms with Gasteiger partial charge in [0, 0.05) is 19.2 Å². The third-order valence-corrected chi connectivity index (χ3v) is 4.04. The quantitative estimate of drug-likeness (QED) is 0.889. The fraction of sp³-hybridized carbons (Fsp3) is 0.600. The molecular formula is C15H22FNO. The van der Waals surface area contributed by atoms with E-state index in [4.69, 9.17) is 5.11 Å². The molecule has 1 aromatic carbocycles. The van der Waals surface area contributed by atoms with E-state index < -0.39 is 0 Å². The van der Waals surface area contributed by atoms with Crippen molar-refractivity contribution in [3.63, 3.8) is 0 Å². The smallest absolute Gasteiger partial charge is 0.123 e. The first-order valence-corrected chi connectivity index (χ1v) is 6.74. The van der Waals surface area contributed by atoms with Crippen LogP contribution in [0.5, 0.6) is 0 Å². The van der Waals surface area contributed by atoms with Crippen LogP contribution >= 0.6 is 0 Å². The van der Waals surface area contributed by atoms with E-state index in [-0.39, 0.29) is 5.82 Å². The van der Waals surface area contributed by atoms with Crippen LogP contribution in [0, 0.1) is 11.7 Å². The molecule has 2 rings (SSSR count). The van der Waals surface area contributed by atoms with Crippen LogP contribution in [0.3, 0.4) is 0 Å². The number of aliphatic hydroxyl groups is 1. The van der Waals surface area contributed by atoms with E-state index >= 15 is 0 Å². The van der Waals surface area contributed by atoms with Gasteiger partial charge in [0.15, 0.2) is 0 Å². The van der Waals surface area contributed by atoms with Crippen LogP contribution in [0.15, 0.2) is 24.3 Å². The maximum absolute atomic E-state index is 12.8. The van der Waals surface area contributed by atoms with Crippen molar-refractivity contribution in [3.05, 3.63) is 35.6 Å². The number of nitrogens with zero attached hydrogens (tertiary/aromatic N) is 1. The van der Waals surface area contributed by atoms with Gasteiger partial charge < -0.3 is 5.11 Å². The van der Waals surface area contributed by atoms with E-state index in [9.17, 15) is 4.39 Å². The lowest BCUT2D eigenvalue weighted by atomic mass is 9.86. The first kappa shape index (κ1) is 13.5. The highest BCUT2D eigenvalue weighted by Crippen LogP contribution is 2.27. The maximum atomic E-state index is 12.8. The van der Waals surface area contributed by atoms with E-state index in [0.29, 0.717) is 18.6 Å². The zero-order valence-electron chi connectivity index (χ0n) is 11.0. The topological polar surface area (TPSA) is 23.5 Å². The summed E-state index contributed by atoms with van der Waals surface area (Å²) in [5, 5.41) is 9.13. The molecule has 1 aliphatic carbocycles. The number of benzene rings is 1. The Hall–Kier alpha value is -0.930. The SMILES string of the molecule is CN(Cc1ccc(F)cc1)C1CCC(CO)CC1. The fourth-order valence-corrected chi connectivity index (χ4v) is 2.78. The summed E-state index contributed by atoms with van der Waals surface area (Å²) >= 11 is 0. The molecule has 3 heteroatoms. The Morgan fingerprint density at radius 2 is 1.78 bits per heavy atom. The van der Waals surface area contributed by atoms with Gasteiger partial charge in [-0.25, -0.2) is 4.39 Å². The number of halogens is 1. The van der Waals surface area contributed by atoms with Gasteiger partial charge in [0.1, 0.15) is 5.82 Å². The summed E-state index contributed by atoms with van der Waals surface area (Å²) in [4.78, 5) is 2.35. The normalized spacial score (nSPS) is 24.4. The molecule has 1 N–H and O–H groups in total. The molecule has 0 bridgehead atoms. The van der Waals surface area contributed by atoms with E-state index in [1.807, 2.05) is 12.1 Å². The molecule has 0 spiro atoms. The molecule has 18 heavy (non-hydrogen) atoms. The molecule has 100 valence electrons. The molecule has 0 atom stereocenters. The van der Waals surface area contributed by atoms with E-state index in [0.717, 1.165) is 37.8 Å². The lowest BCUT2D eigenvalue weighted by Crippen LogP contribution is -2.35. The predicted molar refractivity (Wildman–Crippen MR) is 70.7 cm³/mol. The Labute approximate surface area is 108 Å². The van der Waals surface area contributed by atoms with Crippen molar-refractivity contribution in [2.24, 2.45) is 5.92 Å². The van der Waals surface area contributed by atoms with Crippen molar-refractivity contribution >= 4 is 0 Å². The van der Waals surface area contributed by atoms with Gasteiger partial charge in [-0.2, -0.15) is 0 Å². The van der Waals surface area contributed by atoms with Crippen LogP contribution in [-0.4, -0.2) is 29.7 Å². The van der Waals surface area contributed by atoms with Gasteiger partial charge in [0.2, 0.25) is 0 Å². The second-order valence-corrected chi connectivity index (χ2v) is 5.40. The molecule has 0 heterocycles. The lowest BCUT2D eigenvalue weighted by Gasteiger charge is -2.34. The summed E-state index contributed by atoms with van der Waals surface area (Å²) in [6, 6.07) is 7.34. The number of hydrogen-bond acceptors (Lipinski definition) is 2. The minimum Gasteiger partial charge on any atom is -0.396 e. The summed E-state index contributed by atoms with van der Waals surface area (Å²) in [5.41, 5.74) is 1.16. The molecular weight excluding hydrogens is 229 g/mol. The summed E-state index contributed by atoms with van der Waals surface area (Å²) in [6.45, 7) is 1.20. The van der Waals surface area contributed by atoms with Crippen molar-refractivity contribution in [2.45, 2.75) is 38.3 Å². The van der Waals surface area contributed by atoms with Crippen molar-refractivity contribution in [1.29, 1.82) is 0 Å². The molecule has 1 saturated carbocycles. The van der Waals surface area contributed by atoms with Crippen LogP contribution < -0.4 is 0 Å². The van der Waals surface area contributed by atoms with Crippen molar-refractivity contribution in [3.8, 4) is 0 Å². The maximum Gasteiger partial charge on any atom is 0.123 e. The molecule has 0 amide bonds. The van der Waals surface area contributed by atoms with E-state index in [1.54, 1.807) is 0 Å². The molecule has 0 aromatic heterocycles. The zero-order valence-corrected chi connectivity index (χ0v) is 11.0. The summed E-state index contributed by atoms with van der Waals surface area (Å²) in [6.07, 6.45) is 4.55. The number of hydrogen-bond donors (Lipinski definition) is 1. The van der Waals surface area contributed by atoms with Gasteiger partial charge in [-0.3, -0.25) is 4.90 Å². The van der Waals surface area contributed by atoms with E-state index in [2.05, 4.69) is 11.9 Å². The highest BCUT2D eigenvalue weighted by molar-refractivity contribution is 5.15. The number of rotatable bonds is 4. The molecule has 0 aliphatic heterocycles. The van der Waals surface area contributed by atoms with Crippen LogP contribution in [0.25, 0.3) is 0 Å². The molecule has 0 unspecified atom stereocenters. The monoisotopic (exact) mass is 251 g/mol. The van der Waals surface area contributed by atoms with Crippen LogP contribution in [0.2, 0.25) is 0 Å². The fourth-order valence-electron chi connectivity index (χ4n) is 2.78. The van der Waals surface area contributed by atoms with Gasteiger partial charge in [0.25, 0.3) is 0 Å². The van der Waals surface area contributed by atoms with Crippen molar-refractivity contribution in [1.82, 2.24) is 4.90 Å². The van der Waals surface area contributed by atoms with Crippen molar-refractivity contribution in [2.75, 3.05) is 13.7 Å². The molecule has 0 radical (unpaired) electrons. The first-order chi connectivity index (χ1) is 8.69. The van der Waals surface area contributed by atoms with Crippen LogP contribution in [-0.2, 0) is 6.54 Å². The van der Waals surface area contributed by atoms with Gasteiger partial charge in [-0.1, -0.05) is 12.1 Å². The first-order valence-electron chi connectivity index (χ1n) is 6.74. The second-order valence-electron chi connectivity index (χ2n) is 5.40. The third-order valence-electron chi connectivity index (χ3n) is 4.04. The largest absolute Gasteiger partial charge is 0.396 e. The second kappa shape index (κ2) is 6.30. The Kier molecular flexibility index (Phi) is 4.72. The number of aliphatic hydroxyl groups excluding tert-OH is 1. The molecule has 0 saturated heterocycles. The molecule has 1 aliphatic rings. The Morgan fingerprint density at radius 1 is 1.17 bits per heavy atom. The molecule has 2 nitrogen and oxygen atoms in total. The Morgan fingerprint density at radius 3 is 2.33 bits per heavy atom. The summed E-state index contributed by atoms with van der Waals surface area (Å²) in [7, 11) is 2.13. The zero-order chi connectivity index (χ0) is 13.0. The highest BCUT2D eigenvalue weighted by atomic mass is 19.1. The van der Waals surface area contributed by atoms with Gasteiger partial charge in [-0.05, 0) is 56.3 Å². The Bertz CT molecular complexity index is 357. The highest BCUT2D eigenvalue weighted by Gasteiger charge is 2.23. The third kappa shape index (κ3) is 3.53. The van der Waals surface area contributed by atoms with Crippen molar-refractivity contribution < 1.29 is 9.50 Å². The molecule has 1 fully saturated rings. The molecule has 1 aromatic rings. The predicted octanol–water partition coefficient (Wildman–Crippen LogP) is 2.81. The minimum absolute atomic E-state index is 0.176. The van der Waals surface area contributed by atoms with Gasteiger partial charge in [0.05, 0.1) is 0 Å². The lowest BCUT2D eigenvalue weighted by molar-refractivity contribution is 0.124. The van der Waals surface area contributed by atoms with Crippen LogP contribution in [0.4, 0.5) is 4.39 Å². The average Bonchev–Trinajstić information content (AvgIpc) is 2.41. The average molecular weight is 251 g/mol. The minimum atomic E-state index is -0.176. The van der Waals surface area contributed by atoms with Gasteiger partial charge in [-0.15, -0.1) is 0 Å². The summed E-state index contributed by atoms with van der Waals surface area (Å²) in [5.74, 6) is 0.324. The Balaban J connectivity index is 1.85. The summed E-state index contributed by atoms with van der Waals surface area (Å²) < 4.78 is 12.8. The van der Waals surface area contributed by atoms with Gasteiger partial charge >= 0.3 is 0 Å². The van der Waals surface area contributed by atoms with Crippen LogP contribution in [0.1, 0.15) is 31.2 Å². The van der Waals surface area contributed by atoms with E-state index in [1.165, 1.54) is 12.1 Å².